The van der Waals surface area contributed by atoms with Gasteiger partial charge in [0.25, 0.3) is 0 Å². The molecule has 168 valence electrons. The molecule has 0 spiro atoms. The van der Waals surface area contributed by atoms with E-state index in [9.17, 15) is 0 Å². The molecule has 3 aliphatic carbocycles. The van der Waals surface area contributed by atoms with Crippen LogP contribution in [0.5, 0.6) is 5.75 Å². The number of imidazole rings is 1. The Morgan fingerprint density at radius 1 is 1.06 bits per heavy atom. The van der Waals surface area contributed by atoms with Crippen LogP contribution in [0.4, 0.5) is 0 Å². The van der Waals surface area contributed by atoms with Crippen LogP contribution in [0.25, 0.3) is 16.6 Å². The molecule has 0 unspecified atom stereocenters. The summed E-state index contributed by atoms with van der Waals surface area (Å²) in [5.41, 5.74) is 5.06. The third kappa shape index (κ3) is 4.47. The van der Waals surface area contributed by atoms with Gasteiger partial charge in [0, 0.05) is 6.42 Å². The summed E-state index contributed by atoms with van der Waals surface area (Å²) in [7, 11) is 3.97. The molecule has 1 saturated carbocycles. The third-order valence-corrected chi connectivity index (χ3v) is 7.56. The van der Waals surface area contributed by atoms with Crippen molar-refractivity contribution in [1.82, 2.24) is 14.9 Å². The average Bonchev–Trinajstić information content (AvgIpc) is 3.26. The largest absolute Gasteiger partial charge is 0.494 e. The summed E-state index contributed by atoms with van der Waals surface area (Å²) < 4.78 is 5.43. The molecule has 6 rings (SSSR count). The van der Waals surface area contributed by atoms with Gasteiger partial charge in [-0.1, -0.05) is 42.5 Å². The molecule has 1 N–H and O–H groups in total. The molecule has 0 aliphatic heterocycles. The first-order valence-electron chi connectivity index (χ1n) is 12.2. The van der Waals surface area contributed by atoms with E-state index < -0.39 is 0 Å². The van der Waals surface area contributed by atoms with Gasteiger partial charge in [0.15, 0.2) is 0 Å². The molecule has 4 nitrogen and oxygen atoms in total. The van der Waals surface area contributed by atoms with Crippen LogP contribution >= 0.6 is 0 Å². The lowest BCUT2D eigenvalue weighted by Crippen LogP contribution is -2.32. The van der Waals surface area contributed by atoms with Crippen LogP contribution < -0.4 is 4.74 Å². The number of fused-ring (bicyclic) bond motifs is 3. The molecule has 2 bridgehead atoms. The maximum Gasteiger partial charge on any atom is 0.146 e. The van der Waals surface area contributed by atoms with Crippen LogP contribution in [0, 0.1) is 17.8 Å². The van der Waals surface area contributed by atoms with Gasteiger partial charge >= 0.3 is 0 Å². The smallest absolute Gasteiger partial charge is 0.146 e. The quantitative estimate of drug-likeness (QED) is 0.456. The number of aromatic nitrogens is 2. The minimum atomic E-state index is 0.766. The number of aryl methyl sites for hydroxylation is 1. The van der Waals surface area contributed by atoms with Gasteiger partial charge in [0.2, 0.25) is 0 Å². The van der Waals surface area contributed by atoms with Crippen LogP contribution in [0.2, 0.25) is 0 Å². The van der Waals surface area contributed by atoms with Crippen LogP contribution in [-0.2, 0) is 6.42 Å². The minimum Gasteiger partial charge on any atom is -0.494 e. The van der Waals surface area contributed by atoms with E-state index in [0.29, 0.717) is 0 Å². The van der Waals surface area contributed by atoms with E-state index in [0.717, 1.165) is 59.7 Å². The fraction of sp³-hybridized carbons (Fsp3) is 0.464. The number of H-pyrrole nitrogens is 1. The second-order valence-electron chi connectivity index (χ2n) is 9.66. The van der Waals surface area contributed by atoms with Gasteiger partial charge in [0.1, 0.15) is 17.1 Å². The maximum atomic E-state index is 5.43. The van der Waals surface area contributed by atoms with E-state index in [2.05, 4.69) is 59.4 Å². The van der Waals surface area contributed by atoms with E-state index in [-0.39, 0.29) is 0 Å². The van der Waals surface area contributed by atoms with Crippen molar-refractivity contribution in [2.24, 2.45) is 17.8 Å². The summed E-state index contributed by atoms with van der Waals surface area (Å²) in [5.74, 6) is 4.29. The molecule has 3 aliphatic rings. The minimum absolute atomic E-state index is 0.766. The lowest BCUT2D eigenvalue weighted by atomic mass is 9.63. The van der Waals surface area contributed by atoms with Crippen molar-refractivity contribution in [3.05, 3.63) is 66.0 Å². The first-order chi connectivity index (χ1) is 15.7. The van der Waals surface area contributed by atoms with Crippen LogP contribution in [-0.4, -0.2) is 42.1 Å². The molecular formula is C28H35N3O. The van der Waals surface area contributed by atoms with Crippen molar-refractivity contribution >= 4 is 16.6 Å². The van der Waals surface area contributed by atoms with Crippen molar-refractivity contribution < 1.29 is 4.74 Å². The number of aromatic amines is 1. The predicted molar refractivity (Wildman–Crippen MR) is 132 cm³/mol. The van der Waals surface area contributed by atoms with Crippen molar-refractivity contribution in [3.63, 3.8) is 0 Å². The zero-order valence-electron chi connectivity index (χ0n) is 19.4. The monoisotopic (exact) mass is 429 g/mol. The van der Waals surface area contributed by atoms with Gasteiger partial charge in [0.05, 0.1) is 12.6 Å². The Bertz CT molecular complexity index is 1070. The standard InChI is InChI=1S/C28H35N3O/c1-31(16-7-12-27-29-25-10-6-11-26(32-2)28(25)30-27)17-15-22-18-23-14-13-21(22)19-24(23)20-8-4-3-5-9-20/h3-6,8-11,19,21-23H,7,12-18H2,1-2H3,(H,29,30)/t21-,22-,23+/m0/s1. The lowest BCUT2D eigenvalue weighted by molar-refractivity contribution is 0.191. The Kier molecular flexibility index (Phi) is 6.31. The molecule has 3 aromatic rings. The molecule has 4 heteroatoms. The Labute approximate surface area is 191 Å². The SMILES string of the molecule is COc1cccc2[nH]c(CCCN(C)CC[C@H]3C[C@H]4CC[C@H]3C=C4c3ccccc3)nc12. The fourth-order valence-electron chi connectivity index (χ4n) is 5.80. The van der Waals surface area contributed by atoms with Crippen molar-refractivity contribution in [2.45, 2.75) is 38.5 Å². The highest BCUT2D eigenvalue weighted by Gasteiger charge is 2.36. The Morgan fingerprint density at radius 3 is 2.72 bits per heavy atom. The maximum absolute atomic E-state index is 5.43. The molecule has 2 aromatic carbocycles. The Hall–Kier alpha value is -2.59. The molecule has 1 aromatic heterocycles. The molecule has 1 fully saturated rings. The number of nitrogens with one attached hydrogen (secondary N) is 1. The summed E-state index contributed by atoms with van der Waals surface area (Å²) in [6.07, 6.45) is 10.2. The number of allylic oxidation sites excluding steroid dienone is 2. The van der Waals surface area contributed by atoms with Crippen molar-refractivity contribution in [1.29, 1.82) is 0 Å². The highest BCUT2D eigenvalue weighted by atomic mass is 16.5. The van der Waals surface area contributed by atoms with Gasteiger partial charge in [-0.15, -0.1) is 0 Å². The summed E-state index contributed by atoms with van der Waals surface area (Å²) in [5, 5.41) is 0. The molecule has 0 radical (unpaired) electrons. The fourth-order valence-corrected chi connectivity index (χ4v) is 5.80. The van der Waals surface area contributed by atoms with Crippen LogP contribution in [0.1, 0.15) is 43.5 Å². The van der Waals surface area contributed by atoms with E-state index in [1.807, 2.05) is 12.1 Å². The average molecular weight is 430 g/mol. The van der Waals surface area contributed by atoms with Gasteiger partial charge in [-0.05, 0) is 93.3 Å². The number of hydrogen-bond donors (Lipinski definition) is 1. The zero-order chi connectivity index (χ0) is 21.9. The van der Waals surface area contributed by atoms with Gasteiger partial charge < -0.3 is 14.6 Å². The van der Waals surface area contributed by atoms with Gasteiger partial charge in [-0.3, -0.25) is 0 Å². The Balaban J connectivity index is 1.10. The van der Waals surface area contributed by atoms with E-state index in [4.69, 9.17) is 9.72 Å². The lowest BCUT2D eigenvalue weighted by Gasteiger charge is -2.42. The summed E-state index contributed by atoms with van der Waals surface area (Å²) in [4.78, 5) is 10.7. The second kappa shape index (κ2) is 9.50. The predicted octanol–water partition coefficient (Wildman–Crippen LogP) is 5.96. The number of hydrogen-bond acceptors (Lipinski definition) is 3. The van der Waals surface area contributed by atoms with Crippen molar-refractivity contribution in [3.8, 4) is 5.75 Å². The van der Waals surface area contributed by atoms with Crippen molar-refractivity contribution in [2.75, 3.05) is 27.2 Å². The first kappa shape index (κ1) is 21.3. The van der Waals surface area contributed by atoms with Crippen LogP contribution in [0.3, 0.4) is 0 Å². The summed E-state index contributed by atoms with van der Waals surface area (Å²) >= 11 is 0. The normalized spacial score (nSPS) is 22.5. The van der Waals surface area contributed by atoms with Gasteiger partial charge in [-0.25, -0.2) is 4.98 Å². The number of rotatable bonds is 9. The molecule has 32 heavy (non-hydrogen) atoms. The molecule has 3 atom stereocenters. The Morgan fingerprint density at radius 2 is 1.94 bits per heavy atom. The zero-order valence-corrected chi connectivity index (χ0v) is 19.4. The topological polar surface area (TPSA) is 41.1 Å². The molecular weight excluding hydrogens is 394 g/mol. The molecule has 0 amide bonds. The highest BCUT2D eigenvalue weighted by Crippen LogP contribution is 2.48. The van der Waals surface area contributed by atoms with E-state index >= 15 is 0 Å². The highest BCUT2D eigenvalue weighted by molar-refractivity contribution is 5.81. The summed E-state index contributed by atoms with van der Waals surface area (Å²) in [6, 6.07) is 17.1. The summed E-state index contributed by atoms with van der Waals surface area (Å²) in [6.45, 7) is 2.30. The number of ether oxygens (including phenoxy) is 1. The third-order valence-electron chi connectivity index (χ3n) is 7.56. The number of methoxy groups -OCH3 is 1. The first-order valence-corrected chi connectivity index (χ1v) is 12.2. The van der Waals surface area contributed by atoms with Crippen LogP contribution in [0.15, 0.2) is 54.6 Å². The van der Waals surface area contributed by atoms with Gasteiger partial charge in [-0.2, -0.15) is 0 Å². The second-order valence-corrected chi connectivity index (χ2v) is 9.66. The number of benzene rings is 2. The number of para-hydroxylation sites is 1. The van der Waals surface area contributed by atoms with E-state index in [1.165, 1.54) is 37.8 Å². The molecule has 0 saturated heterocycles. The number of nitrogens with zero attached hydrogens (tertiary/aromatic N) is 2. The molecule has 1 heterocycles. The van der Waals surface area contributed by atoms with E-state index in [1.54, 1.807) is 12.7 Å².